The highest BCUT2D eigenvalue weighted by atomic mass is 14.9. The van der Waals surface area contributed by atoms with Crippen LogP contribution in [0.3, 0.4) is 0 Å². The average Bonchev–Trinajstić information content (AvgIpc) is 2.35. The van der Waals surface area contributed by atoms with Gasteiger partial charge in [0.05, 0.1) is 0 Å². The predicted molar refractivity (Wildman–Crippen MR) is 74.2 cm³/mol. The number of nitrogens with one attached hydrogen (secondary N) is 1. The van der Waals surface area contributed by atoms with E-state index in [-0.39, 0.29) is 0 Å². The fourth-order valence-electron chi connectivity index (χ4n) is 2.73. The molecule has 1 aliphatic carbocycles. The Morgan fingerprint density at radius 1 is 1.06 bits per heavy atom. The van der Waals surface area contributed by atoms with E-state index >= 15 is 0 Å². The van der Waals surface area contributed by atoms with Gasteiger partial charge in [0.15, 0.2) is 0 Å². The number of aryl methyl sites for hydroxylation is 2. The van der Waals surface area contributed by atoms with Crippen LogP contribution in [0.2, 0.25) is 0 Å². The minimum atomic E-state index is 0.926. The van der Waals surface area contributed by atoms with Crippen LogP contribution in [0.25, 0.3) is 0 Å². The third-order valence-corrected chi connectivity index (χ3v) is 4.06. The molecule has 1 fully saturated rings. The first-order valence-corrected chi connectivity index (χ1v) is 7.02. The van der Waals surface area contributed by atoms with E-state index in [1.54, 1.807) is 0 Å². The van der Waals surface area contributed by atoms with Gasteiger partial charge in [-0.25, -0.2) is 0 Å². The van der Waals surface area contributed by atoms with Crippen LogP contribution < -0.4 is 5.32 Å². The lowest BCUT2D eigenvalue weighted by atomic mass is 9.89. The van der Waals surface area contributed by atoms with Gasteiger partial charge in [-0.15, -0.1) is 0 Å². The van der Waals surface area contributed by atoms with Crippen molar-refractivity contribution in [3.05, 3.63) is 34.9 Å². The van der Waals surface area contributed by atoms with Crippen molar-refractivity contribution >= 4 is 0 Å². The first-order chi connectivity index (χ1) is 8.25. The minimum absolute atomic E-state index is 0.926. The molecule has 0 atom stereocenters. The molecule has 1 aromatic rings. The summed E-state index contributed by atoms with van der Waals surface area (Å²) in [6.07, 6.45) is 7.19. The Bertz CT molecular complexity index is 351. The topological polar surface area (TPSA) is 12.0 Å². The molecule has 0 radical (unpaired) electrons. The van der Waals surface area contributed by atoms with E-state index in [1.807, 2.05) is 0 Å². The SMILES string of the molecule is Cc1ccc(CNCC2CCCCC2)cc1C. The van der Waals surface area contributed by atoms with Crippen molar-refractivity contribution in [3.63, 3.8) is 0 Å². The van der Waals surface area contributed by atoms with Gasteiger partial charge in [-0.3, -0.25) is 0 Å². The van der Waals surface area contributed by atoms with Crippen molar-refractivity contribution in [2.24, 2.45) is 5.92 Å². The Morgan fingerprint density at radius 2 is 1.82 bits per heavy atom. The summed E-state index contributed by atoms with van der Waals surface area (Å²) in [7, 11) is 0. The van der Waals surface area contributed by atoms with Crippen molar-refractivity contribution in [1.82, 2.24) is 5.32 Å². The van der Waals surface area contributed by atoms with Crippen LogP contribution in [0.4, 0.5) is 0 Å². The smallest absolute Gasteiger partial charge is 0.0205 e. The fourth-order valence-corrected chi connectivity index (χ4v) is 2.73. The summed E-state index contributed by atoms with van der Waals surface area (Å²) < 4.78 is 0. The van der Waals surface area contributed by atoms with Gasteiger partial charge in [0.2, 0.25) is 0 Å². The van der Waals surface area contributed by atoms with E-state index in [9.17, 15) is 0 Å². The van der Waals surface area contributed by atoms with Gasteiger partial charge in [0.1, 0.15) is 0 Å². The molecule has 1 saturated carbocycles. The van der Waals surface area contributed by atoms with Crippen LogP contribution in [-0.2, 0) is 6.54 Å². The quantitative estimate of drug-likeness (QED) is 0.826. The highest BCUT2D eigenvalue weighted by Crippen LogP contribution is 2.22. The molecule has 1 heteroatoms. The van der Waals surface area contributed by atoms with Crippen LogP contribution in [-0.4, -0.2) is 6.54 Å². The lowest BCUT2D eigenvalue weighted by Gasteiger charge is -2.21. The van der Waals surface area contributed by atoms with Gasteiger partial charge in [-0.05, 0) is 55.8 Å². The van der Waals surface area contributed by atoms with Crippen LogP contribution in [0, 0.1) is 19.8 Å². The maximum atomic E-state index is 3.62. The Labute approximate surface area is 106 Å². The third-order valence-electron chi connectivity index (χ3n) is 4.06. The average molecular weight is 231 g/mol. The van der Waals surface area contributed by atoms with Gasteiger partial charge in [0, 0.05) is 6.54 Å². The maximum Gasteiger partial charge on any atom is 0.0205 e. The van der Waals surface area contributed by atoms with E-state index in [0.29, 0.717) is 0 Å². The van der Waals surface area contributed by atoms with Crippen LogP contribution in [0.5, 0.6) is 0 Å². The van der Waals surface area contributed by atoms with Crippen LogP contribution in [0.15, 0.2) is 18.2 Å². The van der Waals surface area contributed by atoms with Crippen LogP contribution in [0.1, 0.15) is 48.8 Å². The summed E-state index contributed by atoms with van der Waals surface area (Å²) in [5, 5.41) is 3.62. The first kappa shape index (κ1) is 12.6. The van der Waals surface area contributed by atoms with Gasteiger partial charge >= 0.3 is 0 Å². The molecule has 1 aromatic carbocycles. The largest absolute Gasteiger partial charge is 0.312 e. The van der Waals surface area contributed by atoms with Crippen molar-refractivity contribution in [1.29, 1.82) is 0 Å². The van der Waals surface area contributed by atoms with Gasteiger partial charge in [-0.1, -0.05) is 37.5 Å². The Balaban J connectivity index is 1.75. The summed E-state index contributed by atoms with van der Waals surface area (Å²) >= 11 is 0. The Morgan fingerprint density at radius 3 is 2.53 bits per heavy atom. The highest BCUT2D eigenvalue weighted by molar-refractivity contribution is 5.29. The molecule has 1 nitrogen and oxygen atoms in total. The molecule has 0 heterocycles. The Hall–Kier alpha value is -0.820. The van der Waals surface area contributed by atoms with E-state index in [4.69, 9.17) is 0 Å². The summed E-state index contributed by atoms with van der Waals surface area (Å²) in [6, 6.07) is 6.78. The molecule has 0 spiro atoms. The number of hydrogen-bond acceptors (Lipinski definition) is 1. The summed E-state index contributed by atoms with van der Waals surface area (Å²) in [5.41, 5.74) is 4.21. The second-order valence-corrected chi connectivity index (χ2v) is 5.55. The molecule has 0 amide bonds. The zero-order chi connectivity index (χ0) is 12.1. The zero-order valence-corrected chi connectivity index (χ0v) is 11.3. The molecule has 0 aromatic heterocycles. The monoisotopic (exact) mass is 231 g/mol. The molecule has 94 valence electrons. The molecule has 0 aliphatic heterocycles. The lowest BCUT2D eigenvalue weighted by Crippen LogP contribution is -2.24. The molecular formula is C16H25N. The molecule has 1 aliphatic rings. The number of benzene rings is 1. The molecule has 17 heavy (non-hydrogen) atoms. The second-order valence-electron chi connectivity index (χ2n) is 5.55. The van der Waals surface area contributed by atoms with Gasteiger partial charge < -0.3 is 5.32 Å². The number of hydrogen-bond donors (Lipinski definition) is 1. The molecule has 0 saturated heterocycles. The highest BCUT2D eigenvalue weighted by Gasteiger charge is 2.12. The number of rotatable bonds is 4. The van der Waals surface area contributed by atoms with E-state index in [0.717, 1.165) is 12.5 Å². The lowest BCUT2D eigenvalue weighted by molar-refractivity contribution is 0.342. The molecule has 0 unspecified atom stereocenters. The second kappa shape index (κ2) is 6.20. The molecule has 2 rings (SSSR count). The van der Waals surface area contributed by atoms with E-state index in [1.165, 1.54) is 55.3 Å². The van der Waals surface area contributed by atoms with Crippen LogP contribution >= 0.6 is 0 Å². The van der Waals surface area contributed by atoms with Gasteiger partial charge in [-0.2, -0.15) is 0 Å². The zero-order valence-electron chi connectivity index (χ0n) is 11.3. The van der Waals surface area contributed by atoms with E-state index < -0.39 is 0 Å². The van der Waals surface area contributed by atoms with Crippen molar-refractivity contribution in [2.45, 2.75) is 52.5 Å². The van der Waals surface area contributed by atoms with Gasteiger partial charge in [0.25, 0.3) is 0 Å². The molecule has 1 N–H and O–H groups in total. The third kappa shape index (κ3) is 3.85. The predicted octanol–water partition coefficient (Wildman–Crippen LogP) is 3.97. The summed E-state index contributed by atoms with van der Waals surface area (Å²) in [5.74, 6) is 0.926. The summed E-state index contributed by atoms with van der Waals surface area (Å²) in [4.78, 5) is 0. The molecule has 0 bridgehead atoms. The normalized spacial score (nSPS) is 17.3. The maximum absolute atomic E-state index is 3.62. The van der Waals surface area contributed by atoms with E-state index in [2.05, 4.69) is 37.4 Å². The first-order valence-electron chi connectivity index (χ1n) is 7.02. The van der Waals surface area contributed by atoms with Crippen molar-refractivity contribution in [3.8, 4) is 0 Å². The van der Waals surface area contributed by atoms with Crippen molar-refractivity contribution in [2.75, 3.05) is 6.54 Å². The fraction of sp³-hybridized carbons (Fsp3) is 0.625. The van der Waals surface area contributed by atoms with Crippen molar-refractivity contribution < 1.29 is 0 Å². The Kier molecular flexibility index (Phi) is 4.61. The summed E-state index contributed by atoms with van der Waals surface area (Å²) in [6.45, 7) is 6.60. The molecular weight excluding hydrogens is 206 g/mol. The standard InChI is InChI=1S/C16H25N/c1-13-8-9-16(10-14(13)2)12-17-11-15-6-4-3-5-7-15/h8-10,15,17H,3-7,11-12H2,1-2H3. The minimum Gasteiger partial charge on any atom is -0.312 e.